The van der Waals surface area contributed by atoms with Gasteiger partial charge in [-0.15, -0.1) is 0 Å². The molecule has 9 aromatic rings. The predicted octanol–water partition coefficient (Wildman–Crippen LogP) is 13.2. The predicted molar refractivity (Wildman–Crippen MR) is 233 cm³/mol. The highest BCUT2D eigenvalue weighted by Gasteiger charge is 2.51. The van der Waals surface area contributed by atoms with Crippen molar-refractivity contribution >= 4 is 0 Å². The molecular weight excluding hydrogens is 691 g/mol. The molecule has 0 saturated heterocycles. The first-order chi connectivity index (χ1) is 28.1. The summed E-state index contributed by atoms with van der Waals surface area (Å²) in [6.07, 6.45) is 3.79. The second kappa shape index (κ2) is 12.9. The zero-order valence-corrected chi connectivity index (χ0v) is 31.7. The van der Waals surface area contributed by atoms with E-state index in [2.05, 4.69) is 195 Å². The maximum absolute atomic E-state index is 5.25. The van der Waals surface area contributed by atoms with Gasteiger partial charge in [-0.3, -0.25) is 4.98 Å². The Kier molecular flexibility index (Phi) is 7.52. The highest BCUT2D eigenvalue weighted by molar-refractivity contribution is 5.97. The summed E-state index contributed by atoms with van der Waals surface area (Å²) in [6.45, 7) is 4.18. The molecule has 7 aromatic carbocycles. The van der Waals surface area contributed by atoms with E-state index < -0.39 is 5.41 Å². The van der Waals surface area contributed by atoms with Gasteiger partial charge in [0.05, 0.1) is 11.1 Å². The normalized spacial score (nSPS) is 14.6. The minimum absolute atomic E-state index is 0.480. The van der Waals surface area contributed by atoms with Crippen LogP contribution in [-0.2, 0) is 5.41 Å². The van der Waals surface area contributed by atoms with E-state index in [0.717, 1.165) is 28.3 Å². The van der Waals surface area contributed by atoms with Crippen LogP contribution in [0.5, 0.6) is 0 Å². The van der Waals surface area contributed by atoms with Gasteiger partial charge in [-0.1, -0.05) is 146 Å². The molecule has 1 unspecified atom stereocenters. The minimum Gasteiger partial charge on any atom is -0.264 e. The van der Waals surface area contributed by atoms with Crippen molar-refractivity contribution in [1.29, 1.82) is 0 Å². The Hall–Kier alpha value is -7.23. The van der Waals surface area contributed by atoms with Gasteiger partial charge in [-0.25, -0.2) is 9.97 Å². The molecule has 0 saturated carbocycles. The van der Waals surface area contributed by atoms with Crippen LogP contribution in [0.3, 0.4) is 0 Å². The minimum atomic E-state index is -0.480. The quantitative estimate of drug-likeness (QED) is 0.177. The highest BCUT2D eigenvalue weighted by atomic mass is 14.9. The lowest BCUT2D eigenvalue weighted by molar-refractivity contribution is 0.794. The lowest BCUT2D eigenvalue weighted by atomic mass is 9.70. The van der Waals surface area contributed by atoms with Crippen LogP contribution in [0.2, 0.25) is 0 Å². The lowest BCUT2D eigenvalue weighted by Gasteiger charge is -2.30. The van der Waals surface area contributed by atoms with Crippen molar-refractivity contribution in [2.24, 2.45) is 0 Å². The van der Waals surface area contributed by atoms with Crippen molar-refractivity contribution in [2.75, 3.05) is 0 Å². The molecule has 268 valence electrons. The average molecular weight is 728 g/mol. The number of aromatic nitrogens is 3. The Bertz CT molecular complexity index is 3040. The van der Waals surface area contributed by atoms with Gasteiger partial charge in [-0.2, -0.15) is 0 Å². The third-order valence-corrected chi connectivity index (χ3v) is 12.0. The van der Waals surface area contributed by atoms with Gasteiger partial charge in [-0.05, 0) is 128 Å². The molecule has 0 N–H and O–H groups in total. The molecule has 2 heterocycles. The molecule has 11 rings (SSSR count). The maximum Gasteiger partial charge on any atom is 0.160 e. The van der Waals surface area contributed by atoms with Crippen LogP contribution in [0, 0.1) is 13.8 Å². The monoisotopic (exact) mass is 727 g/mol. The van der Waals surface area contributed by atoms with Crippen molar-refractivity contribution < 1.29 is 0 Å². The summed E-state index contributed by atoms with van der Waals surface area (Å²) in [5.74, 6) is 0.733. The van der Waals surface area contributed by atoms with E-state index in [0.29, 0.717) is 0 Å². The van der Waals surface area contributed by atoms with Crippen LogP contribution >= 0.6 is 0 Å². The number of fused-ring (bicyclic) bond motifs is 10. The third kappa shape index (κ3) is 5.16. The van der Waals surface area contributed by atoms with Crippen molar-refractivity contribution in [2.45, 2.75) is 19.3 Å². The summed E-state index contributed by atoms with van der Waals surface area (Å²) in [5, 5.41) is 0. The van der Waals surface area contributed by atoms with Crippen LogP contribution < -0.4 is 0 Å². The fourth-order valence-corrected chi connectivity index (χ4v) is 9.44. The number of pyridine rings is 1. The van der Waals surface area contributed by atoms with Crippen LogP contribution in [0.25, 0.3) is 78.3 Å². The van der Waals surface area contributed by atoms with Gasteiger partial charge >= 0.3 is 0 Å². The lowest BCUT2D eigenvalue weighted by Crippen LogP contribution is -2.25. The molecule has 1 atom stereocenters. The standard InChI is InChI=1S/C54H37N3/c1-34-33-55-28-27-43(34)38-21-19-37(20-22-38)40-24-26-50-47(31-40)45-16-7-9-18-49(45)54(50)48-17-8-6-15-44(48)46-25-23-42(32-51(46)54)53-56-35(2)29-52(57-53)41-14-10-13-39(30-41)36-11-4-3-5-12-36/h3-33H,1-2H3. The molecule has 2 aliphatic carbocycles. The van der Waals surface area contributed by atoms with E-state index in [-0.39, 0.29) is 0 Å². The Labute approximate surface area is 333 Å². The Balaban J connectivity index is 1.05. The number of rotatable bonds is 5. The van der Waals surface area contributed by atoms with E-state index in [4.69, 9.17) is 9.97 Å². The molecule has 2 aromatic heterocycles. The second-order valence-electron chi connectivity index (χ2n) is 15.3. The molecule has 57 heavy (non-hydrogen) atoms. The smallest absolute Gasteiger partial charge is 0.160 e. The van der Waals surface area contributed by atoms with Crippen LogP contribution in [0.4, 0.5) is 0 Å². The Morgan fingerprint density at radius 1 is 0.368 bits per heavy atom. The van der Waals surface area contributed by atoms with Gasteiger partial charge in [0.1, 0.15) is 0 Å². The van der Waals surface area contributed by atoms with E-state index >= 15 is 0 Å². The summed E-state index contributed by atoms with van der Waals surface area (Å²) < 4.78 is 0. The summed E-state index contributed by atoms with van der Waals surface area (Å²) in [7, 11) is 0. The zero-order chi connectivity index (χ0) is 38.1. The Morgan fingerprint density at radius 2 is 0.965 bits per heavy atom. The van der Waals surface area contributed by atoms with Crippen molar-refractivity contribution in [3.63, 3.8) is 0 Å². The first-order valence-electron chi connectivity index (χ1n) is 19.6. The Morgan fingerprint density at radius 3 is 1.75 bits per heavy atom. The first kappa shape index (κ1) is 33.1. The van der Waals surface area contributed by atoms with Crippen molar-refractivity contribution in [3.05, 3.63) is 222 Å². The molecule has 3 heteroatoms. The summed E-state index contributed by atoms with van der Waals surface area (Å²) in [6, 6.07) is 64.2. The van der Waals surface area contributed by atoms with Crippen molar-refractivity contribution in [3.8, 4) is 78.3 Å². The van der Waals surface area contributed by atoms with E-state index in [9.17, 15) is 0 Å². The van der Waals surface area contributed by atoms with Gasteiger partial charge in [0.15, 0.2) is 5.82 Å². The number of hydrogen-bond donors (Lipinski definition) is 0. The molecule has 2 aliphatic rings. The molecule has 0 aliphatic heterocycles. The summed E-state index contributed by atoms with van der Waals surface area (Å²) >= 11 is 0. The van der Waals surface area contributed by atoms with E-state index in [1.807, 2.05) is 12.4 Å². The van der Waals surface area contributed by atoms with E-state index in [1.54, 1.807) is 0 Å². The van der Waals surface area contributed by atoms with Crippen LogP contribution in [0.15, 0.2) is 188 Å². The highest BCUT2D eigenvalue weighted by Crippen LogP contribution is 2.63. The van der Waals surface area contributed by atoms with Crippen molar-refractivity contribution in [1.82, 2.24) is 15.0 Å². The zero-order valence-electron chi connectivity index (χ0n) is 31.7. The molecule has 0 radical (unpaired) electrons. The van der Waals surface area contributed by atoms with E-state index in [1.165, 1.54) is 83.5 Å². The molecule has 0 fully saturated rings. The number of aryl methyl sites for hydroxylation is 2. The van der Waals surface area contributed by atoms with Gasteiger partial charge < -0.3 is 0 Å². The molecule has 3 nitrogen and oxygen atoms in total. The molecule has 1 spiro atoms. The third-order valence-electron chi connectivity index (χ3n) is 12.0. The SMILES string of the molecule is Cc1cc(-c2cccc(-c3ccccc3)c2)nc(-c2ccc3c(c2)C2(c4ccccc4-c4cc(-c5ccc(-c6ccncc6C)cc5)ccc42)c2ccccc2-3)n1. The number of nitrogens with zero attached hydrogens (tertiary/aromatic N) is 3. The summed E-state index contributed by atoms with van der Waals surface area (Å²) in [5.41, 5.74) is 22.1. The average Bonchev–Trinajstić information content (AvgIpc) is 3.73. The second-order valence-corrected chi connectivity index (χ2v) is 15.3. The maximum atomic E-state index is 5.25. The fourth-order valence-electron chi connectivity index (χ4n) is 9.44. The largest absolute Gasteiger partial charge is 0.264 e. The van der Waals surface area contributed by atoms with Gasteiger partial charge in [0, 0.05) is 29.2 Å². The topological polar surface area (TPSA) is 38.7 Å². The summed E-state index contributed by atoms with van der Waals surface area (Å²) in [4.78, 5) is 14.6. The molecule has 0 amide bonds. The first-order valence-corrected chi connectivity index (χ1v) is 19.6. The number of hydrogen-bond acceptors (Lipinski definition) is 3. The molecular formula is C54H37N3. The van der Waals surface area contributed by atoms with Crippen LogP contribution in [-0.4, -0.2) is 15.0 Å². The van der Waals surface area contributed by atoms with Crippen LogP contribution in [0.1, 0.15) is 33.5 Å². The number of benzene rings is 7. The van der Waals surface area contributed by atoms with Gasteiger partial charge in [0.2, 0.25) is 0 Å². The fraction of sp³-hybridized carbons (Fsp3) is 0.0556. The molecule has 0 bridgehead atoms. The van der Waals surface area contributed by atoms with Gasteiger partial charge in [0.25, 0.3) is 0 Å².